The number of aromatic nitrogens is 3. The maximum atomic E-state index is 12.7. The number of hydrogen-bond donors (Lipinski definition) is 2. The van der Waals surface area contributed by atoms with Crippen LogP contribution < -0.4 is 10.6 Å². The highest BCUT2D eigenvalue weighted by molar-refractivity contribution is 5.97. The van der Waals surface area contributed by atoms with Crippen LogP contribution in [-0.2, 0) is 6.54 Å². The van der Waals surface area contributed by atoms with Gasteiger partial charge in [0.1, 0.15) is 5.52 Å². The van der Waals surface area contributed by atoms with Gasteiger partial charge in [0.15, 0.2) is 0 Å². The van der Waals surface area contributed by atoms with Crippen LogP contribution in [0.2, 0.25) is 0 Å². The average Bonchev–Trinajstić information content (AvgIpc) is 3.17. The quantitative estimate of drug-likeness (QED) is 0.698. The van der Waals surface area contributed by atoms with Crippen molar-refractivity contribution < 1.29 is 9.59 Å². The third-order valence-corrected chi connectivity index (χ3v) is 5.04. The van der Waals surface area contributed by atoms with Crippen LogP contribution in [0.25, 0.3) is 11.0 Å². The van der Waals surface area contributed by atoms with E-state index in [1.807, 2.05) is 47.4 Å². The molecule has 1 saturated heterocycles. The molecule has 2 heterocycles. The molecule has 1 fully saturated rings. The van der Waals surface area contributed by atoms with E-state index < -0.39 is 0 Å². The Morgan fingerprint density at radius 1 is 1.00 bits per heavy atom. The number of carbonyl (C=O) groups excluding carboxylic acids is 2. The van der Waals surface area contributed by atoms with Gasteiger partial charge < -0.3 is 15.5 Å². The molecule has 3 aromatic rings. The molecular formula is C21H24N6O2. The molecule has 1 aromatic heterocycles. The Balaban J connectivity index is 1.35. The molecule has 2 aromatic carbocycles. The van der Waals surface area contributed by atoms with Gasteiger partial charge in [0.2, 0.25) is 0 Å². The van der Waals surface area contributed by atoms with Gasteiger partial charge in [-0.1, -0.05) is 23.4 Å². The number of likely N-dealkylation sites (tertiary alicyclic amines) is 1. The lowest BCUT2D eigenvalue weighted by Crippen LogP contribution is -2.35. The van der Waals surface area contributed by atoms with Crippen LogP contribution in [-0.4, -0.2) is 51.5 Å². The zero-order valence-electron chi connectivity index (χ0n) is 16.2. The monoisotopic (exact) mass is 392 g/mol. The Kier molecular flexibility index (Phi) is 5.69. The largest absolute Gasteiger partial charge is 0.339 e. The summed E-state index contributed by atoms with van der Waals surface area (Å²) in [6, 6.07) is 14.5. The van der Waals surface area contributed by atoms with Crippen LogP contribution in [0, 0.1) is 0 Å². The standard InChI is InChI=1S/C21H24N6O2/c28-20(26-12-5-2-6-13-26)16-9-10-19-18(15-16)24-25-27(19)14-11-22-21(29)23-17-7-3-1-4-8-17/h1,3-4,7-10,15H,2,5-6,11-14H2,(H2,22,23,29). The molecule has 2 N–H and O–H groups in total. The fourth-order valence-corrected chi connectivity index (χ4v) is 3.52. The molecule has 0 spiro atoms. The van der Waals surface area contributed by atoms with E-state index in [9.17, 15) is 9.59 Å². The molecule has 3 amide bonds. The lowest BCUT2D eigenvalue weighted by molar-refractivity contribution is 0.0724. The number of para-hydroxylation sites is 1. The van der Waals surface area contributed by atoms with Gasteiger partial charge in [-0.15, -0.1) is 5.10 Å². The Morgan fingerprint density at radius 2 is 1.79 bits per heavy atom. The maximum Gasteiger partial charge on any atom is 0.319 e. The van der Waals surface area contributed by atoms with Crippen LogP contribution in [0.3, 0.4) is 0 Å². The highest BCUT2D eigenvalue weighted by Crippen LogP contribution is 2.17. The number of nitrogens with zero attached hydrogens (tertiary/aromatic N) is 4. The van der Waals surface area contributed by atoms with E-state index in [1.165, 1.54) is 6.42 Å². The van der Waals surface area contributed by atoms with E-state index in [0.717, 1.165) is 37.1 Å². The van der Waals surface area contributed by atoms with Gasteiger partial charge in [-0.3, -0.25) is 4.79 Å². The summed E-state index contributed by atoms with van der Waals surface area (Å²) in [6.07, 6.45) is 3.32. The van der Waals surface area contributed by atoms with E-state index in [0.29, 0.717) is 24.2 Å². The van der Waals surface area contributed by atoms with Crippen molar-refractivity contribution in [3.05, 3.63) is 54.1 Å². The van der Waals surface area contributed by atoms with Crippen LogP contribution in [0.4, 0.5) is 10.5 Å². The molecule has 8 heteroatoms. The molecule has 1 aliphatic heterocycles. The lowest BCUT2D eigenvalue weighted by Gasteiger charge is -2.26. The average molecular weight is 392 g/mol. The zero-order chi connectivity index (χ0) is 20.1. The number of carbonyl (C=O) groups is 2. The van der Waals surface area contributed by atoms with Crippen LogP contribution in [0.5, 0.6) is 0 Å². The summed E-state index contributed by atoms with van der Waals surface area (Å²) in [4.78, 5) is 26.5. The number of piperidine rings is 1. The molecular weight excluding hydrogens is 368 g/mol. The summed E-state index contributed by atoms with van der Waals surface area (Å²) < 4.78 is 1.73. The van der Waals surface area contributed by atoms with Crippen molar-refractivity contribution in [1.82, 2.24) is 25.2 Å². The second-order valence-electron chi connectivity index (χ2n) is 7.12. The number of hydrogen-bond acceptors (Lipinski definition) is 4. The highest BCUT2D eigenvalue weighted by atomic mass is 16.2. The molecule has 1 aliphatic rings. The van der Waals surface area contributed by atoms with Crippen molar-refractivity contribution in [2.45, 2.75) is 25.8 Å². The summed E-state index contributed by atoms with van der Waals surface area (Å²) in [7, 11) is 0. The Labute approximate surface area is 168 Å². The number of anilines is 1. The van der Waals surface area contributed by atoms with Crippen molar-refractivity contribution >= 4 is 28.7 Å². The van der Waals surface area contributed by atoms with Crippen molar-refractivity contribution in [3.63, 3.8) is 0 Å². The molecule has 150 valence electrons. The number of amides is 3. The van der Waals surface area contributed by atoms with Gasteiger partial charge in [-0.25, -0.2) is 9.48 Å². The molecule has 0 saturated carbocycles. The van der Waals surface area contributed by atoms with E-state index >= 15 is 0 Å². The number of urea groups is 1. The summed E-state index contributed by atoms with van der Waals surface area (Å²) in [6.45, 7) is 2.53. The fourth-order valence-electron chi connectivity index (χ4n) is 3.52. The molecule has 0 radical (unpaired) electrons. The second-order valence-corrected chi connectivity index (χ2v) is 7.12. The predicted molar refractivity (Wildman–Crippen MR) is 111 cm³/mol. The van der Waals surface area contributed by atoms with Gasteiger partial charge in [0.25, 0.3) is 5.91 Å². The van der Waals surface area contributed by atoms with Crippen molar-refractivity contribution in [2.24, 2.45) is 0 Å². The number of rotatable bonds is 5. The molecule has 8 nitrogen and oxygen atoms in total. The highest BCUT2D eigenvalue weighted by Gasteiger charge is 2.19. The third kappa shape index (κ3) is 4.53. The Hall–Kier alpha value is -3.42. The van der Waals surface area contributed by atoms with E-state index in [2.05, 4.69) is 20.9 Å². The Bertz CT molecular complexity index is 995. The van der Waals surface area contributed by atoms with Crippen LogP contribution in [0.1, 0.15) is 29.6 Å². The minimum Gasteiger partial charge on any atom is -0.339 e. The first kappa shape index (κ1) is 18.9. The minimum absolute atomic E-state index is 0.0559. The van der Waals surface area contributed by atoms with Gasteiger partial charge in [-0.2, -0.15) is 0 Å². The first-order valence-electron chi connectivity index (χ1n) is 9.93. The zero-order valence-corrected chi connectivity index (χ0v) is 16.2. The van der Waals surface area contributed by atoms with Gasteiger partial charge in [0.05, 0.1) is 12.1 Å². The normalized spacial score (nSPS) is 14.0. The third-order valence-electron chi connectivity index (χ3n) is 5.04. The van der Waals surface area contributed by atoms with Gasteiger partial charge >= 0.3 is 6.03 Å². The first-order valence-corrected chi connectivity index (χ1v) is 9.93. The van der Waals surface area contributed by atoms with Crippen molar-refractivity contribution in [1.29, 1.82) is 0 Å². The van der Waals surface area contributed by atoms with E-state index in [4.69, 9.17) is 0 Å². The molecule has 0 atom stereocenters. The first-order chi connectivity index (χ1) is 14.2. The van der Waals surface area contributed by atoms with Crippen LogP contribution >= 0.6 is 0 Å². The summed E-state index contributed by atoms with van der Waals surface area (Å²) in [5.74, 6) is 0.0559. The lowest BCUT2D eigenvalue weighted by atomic mass is 10.1. The topological polar surface area (TPSA) is 92.1 Å². The van der Waals surface area contributed by atoms with Gasteiger partial charge in [-0.05, 0) is 49.6 Å². The van der Waals surface area contributed by atoms with E-state index in [1.54, 1.807) is 10.7 Å². The Morgan fingerprint density at radius 3 is 2.59 bits per heavy atom. The number of fused-ring (bicyclic) bond motifs is 1. The summed E-state index contributed by atoms with van der Waals surface area (Å²) in [5.41, 5.74) is 2.90. The number of benzene rings is 2. The molecule has 0 bridgehead atoms. The van der Waals surface area contributed by atoms with E-state index in [-0.39, 0.29) is 11.9 Å². The molecule has 0 aliphatic carbocycles. The fraction of sp³-hybridized carbons (Fsp3) is 0.333. The van der Waals surface area contributed by atoms with Crippen molar-refractivity contribution in [2.75, 3.05) is 25.0 Å². The maximum absolute atomic E-state index is 12.7. The minimum atomic E-state index is -0.268. The second kappa shape index (κ2) is 8.72. The summed E-state index contributed by atoms with van der Waals surface area (Å²) in [5, 5.41) is 13.9. The molecule has 29 heavy (non-hydrogen) atoms. The van der Waals surface area contributed by atoms with Gasteiger partial charge in [0, 0.05) is 30.9 Å². The molecule has 4 rings (SSSR count). The summed E-state index contributed by atoms with van der Waals surface area (Å²) >= 11 is 0. The van der Waals surface area contributed by atoms with Crippen molar-refractivity contribution in [3.8, 4) is 0 Å². The van der Waals surface area contributed by atoms with Crippen LogP contribution in [0.15, 0.2) is 48.5 Å². The molecule has 0 unspecified atom stereocenters. The predicted octanol–water partition coefficient (Wildman–Crippen LogP) is 2.88. The smallest absolute Gasteiger partial charge is 0.319 e. The number of nitrogens with one attached hydrogen (secondary N) is 2. The SMILES string of the molecule is O=C(NCCn1nnc2cc(C(=O)N3CCCCC3)ccc21)Nc1ccccc1.